The Morgan fingerprint density at radius 1 is 1.44 bits per heavy atom. The van der Waals surface area contributed by atoms with Gasteiger partial charge in [-0.15, -0.1) is 0 Å². The lowest BCUT2D eigenvalue weighted by molar-refractivity contribution is -0.118. The molecule has 0 aliphatic carbocycles. The Balaban J connectivity index is 2.39. The van der Waals surface area contributed by atoms with Crippen LogP contribution in [0, 0.1) is 6.92 Å². The molecule has 84 valence electrons. The van der Waals surface area contributed by atoms with Gasteiger partial charge >= 0.3 is 0 Å². The number of nitrogens with zero attached hydrogens (tertiary/aromatic N) is 1. The Hall–Kier alpha value is -1.42. The van der Waals surface area contributed by atoms with Crippen molar-refractivity contribution in [2.45, 2.75) is 26.3 Å². The van der Waals surface area contributed by atoms with E-state index < -0.39 is 0 Å². The third-order valence-corrected chi connectivity index (χ3v) is 3.08. The summed E-state index contributed by atoms with van der Waals surface area (Å²) in [7, 11) is 0. The summed E-state index contributed by atoms with van der Waals surface area (Å²) in [6.07, 6.45) is 0.751. The average Bonchev–Trinajstić information content (AvgIpc) is 2.55. The van der Waals surface area contributed by atoms with E-state index in [2.05, 4.69) is 5.32 Å². The summed E-state index contributed by atoms with van der Waals surface area (Å²) in [5.74, 6) is 0.0433. The zero-order valence-electron chi connectivity index (χ0n) is 9.36. The molecule has 16 heavy (non-hydrogen) atoms. The second-order valence-corrected chi connectivity index (χ2v) is 4.26. The van der Waals surface area contributed by atoms with Crippen LogP contribution in [-0.4, -0.2) is 17.1 Å². The zero-order chi connectivity index (χ0) is 11.7. The van der Waals surface area contributed by atoms with E-state index in [-0.39, 0.29) is 11.9 Å². The van der Waals surface area contributed by atoms with Gasteiger partial charge in [0.2, 0.25) is 0 Å². The molecule has 0 spiro atoms. The van der Waals surface area contributed by atoms with Crippen LogP contribution in [0.1, 0.15) is 18.9 Å². The van der Waals surface area contributed by atoms with Gasteiger partial charge in [-0.1, -0.05) is 25.1 Å². The molecule has 1 unspecified atom stereocenters. The largest absolute Gasteiger partial charge is 0.350 e. The monoisotopic (exact) mass is 234 g/mol. The molecule has 1 aliphatic heterocycles. The Kier molecular flexibility index (Phi) is 2.92. The third-order valence-electron chi connectivity index (χ3n) is 2.78. The van der Waals surface area contributed by atoms with E-state index in [1.165, 1.54) is 0 Å². The summed E-state index contributed by atoms with van der Waals surface area (Å²) in [6, 6.07) is 7.58. The van der Waals surface area contributed by atoms with Crippen LogP contribution < -0.4 is 10.2 Å². The maximum Gasteiger partial charge on any atom is 0.255 e. The van der Waals surface area contributed by atoms with E-state index >= 15 is 0 Å². The molecule has 1 saturated heterocycles. The van der Waals surface area contributed by atoms with Crippen molar-refractivity contribution >= 4 is 28.9 Å². The Morgan fingerprint density at radius 3 is 2.69 bits per heavy atom. The first-order valence-electron chi connectivity index (χ1n) is 5.35. The smallest absolute Gasteiger partial charge is 0.255 e. The minimum atomic E-state index is -0.174. The molecule has 1 atom stereocenters. The Bertz CT molecular complexity index is 444. The number of thiocarbonyl (C=S) groups is 1. The number of hydrogen-bond acceptors (Lipinski definition) is 2. The van der Waals surface area contributed by atoms with Gasteiger partial charge in [-0.05, 0) is 37.2 Å². The number of rotatable bonds is 2. The van der Waals surface area contributed by atoms with Crippen molar-refractivity contribution in [3.63, 3.8) is 0 Å². The van der Waals surface area contributed by atoms with E-state index in [0.717, 1.165) is 17.7 Å². The molecule has 1 aromatic carbocycles. The number of carbonyl (C=O) groups excluding carboxylic acids is 1. The Labute approximate surface area is 100 Å². The van der Waals surface area contributed by atoms with Crippen molar-refractivity contribution in [3.8, 4) is 0 Å². The number of aryl methyl sites for hydroxylation is 1. The highest BCUT2D eigenvalue weighted by atomic mass is 32.1. The van der Waals surface area contributed by atoms with Crippen LogP contribution in [0.5, 0.6) is 0 Å². The molecule has 2 rings (SSSR count). The fraction of sp³-hybridized carbons (Fsp3) is 0.333. The molecular weight excluding hydrogens is 220 g/mol. The number of hydrogen-bond donors (Lipinski definition) is 1. The van der Waals surface area contributed by atoms with E-state index in [9.17, 15) is 4.79 Å². The zero-order valence-corrected chi connectivity index (χ0v) is 10.2. The minimum Gasteiger partial charge on any atom is -0.350 e. The van der Waals surface area contributed by atoms with E-state index in [1.54, 1.807) is 4.90 Å². The first-order valence-corrected chi connectivity index (χ1v) is 5.76. The van der Waals surface area contributed by atoms with Gasteiger partial charge in [0.15, 0.2) is 5.11 Å². The number of benzene rings is 1. The number of carbonyl (C=O) groups is 1. The highest BCUT2D eigenvalue weighted by molar-refractivity contribution is 7.80. The van der Waals surface area contributed by atoms with Crippen LogP contribution in [0.25, 0.3) is 0 Å². The standard InChI is InChI=1S/C12H14N2OS/c1-3-9-11(15)14(12(16)13-9)10-7-5-4-6-8(10)2/h4-7,9H,3H2,1-2H3,(H,13,16). The SMILES string of the molecule is CCC1NC(=S)N(c2ccccc2C)C1=O. The molecule has 1 aliphatic rings. The first-order chi connectivity index (χ1) is 7.65. The number of nitrogens with one attached hydrogen (secondary N) is 1. The molecule has 0 saturated carbocycles. The normalized spacial score (nSPS) is 20.1. The molecule has 1 heterocycles. The van der Waals surface area contributed by atoms with Crippen LogP contribution in [0.3, 0.4) is 0 Å². The van der Waals surface area contributed by atoms with Crippen LogP contribution in [0.2, 0.25) is 0 Å². The second kappa shape index (κ2) is 4.22. The van der Waals surface area contributed by atoms with Crippen LogP contribution in [0.15, 0.2) is 24.3 Å². The molecule has 3 nitrogen and oxygen atoms in total. The maximum absolute atomic E-state index is 12.1. The molecule has 0 bridgehead atoms. The molecule has 1 fully saturated rings. The molecule has 0 radical (unpaired) electrons. The fourth-order valence-electron chi connectivity index (χ4n) is 1.85. The highest BCUT2D eigenvalue weighted by Crippen LogP contribution is 2.24. The predicted molar refractivity (Wildman–Crippen MR) is 68.5 cm³/mol. The molecule has 1 aromatic rings. The lowest BCUT2D eigenvalue weighted by Gasteiger charge is -2.17. The second-order valence-electron chi connectivity index (χ2n) is 3.87. The van der Waals surface area contributed by atoms with Crippen molar-refractivity contribution in [1.82, 2.24) is 5.32 Å². The number of para-hydroxylation sites is 1. The molecule has 1 amide bonds. The molecule has 0 aromatic heterocycles. The third kappa shape index (κ3) is 1.69. The fourth-order valence-corrected chi connectivity index (χ4v) is 2.18. The maximum atomic E-state index is 12.1. The minimum absolute atomic E-state index is 0.0433. The van der Waals surface area contributed by atoms with Gasteiger partial charge in [-0.25, -0.2) is 0 Å². The highest BCUT2D eigenvalue weighted by Gasteiger charge is 2.35. The van der Waals surface area contributed by atoms with Crippen molar-refractivity contribution in [1.29, 1.82) is 0 Å². The van der Waals surface area contributed by atoms with E-state index in [0.29, 0.717) is 5.11 Å². The average molecular weight is 234 g/mol. The van der Waals surface area contributed by atoms with Crippen molar-refractivity contribution in [3.05, 3.63) is 29.8 Å². The van der Waals surface area contributed by atoms with Crippen LogP contribution in [0.4, 0.5) is 5.69 Å². The summed E-state index contributed by atoms with van der Waals surface area (Å²) in [4.78, 5) is 13.7. The summed E-state index contributed by atoms with van der Waals surface area (Å²) in [5.41, 5.74) is 1.93. The van der Waals surface area contributed by atoms with E-state index in [1.807, 2.05) is 38.1 Å². The van der Waals surface area contributed by atoms with Gasteiger partial charge in [0.25, 0.3) is 5.91 Å². The summed E-state index contributed by atoms with van der Waals surface area (Å²) in [6.45, 7) is 3.95. The van der Waals surface area contributed by atoms with Crippen molar-refractivity contribution in [2.24, 2.45) is 0 Å². The van der Waals surface area contributed by atoms with Gasteiger partial charge in [-0.3, -0.25) is 9.69 Å². The first kappa shape index (κ1) is 11.1. The summed E-state index contributed by atoms with van der Waals surface area (Å²) >= 11 is 5.20. The predicted octanol–water partition coefficient (Wildman–Crippen LogP) is 1.99. The molecule has 4 heteroatoms. The van der Waals surface area contributed by atoms with Crippen molar-refractivity contribution < 1.29 is 4.79 Å². The van der Waals surface area contributed by atoms with Crippen molar-refractivity contribution in [2.75, 3.05) is 4.90 Å². The van der Waals surface area contributed by atoms with Gasteiger partial charge < -0.3 is 5.32 Å². The summed E-state index contributed by atoms with van der Waals surface area (Å²) in [5, 5.41) is 3.54. The van der Waals surface area contributed by atoms with Gasteiger partial charge in [-0.2, -0.15) is 0 Å². The number of anilines is 1. The van der Waals surface area contributed by atoms with Gasteiger partial charge in [0, 0.05) is 0 Å². The molecule has 1 N–H and O–H groups in total. The topological polar surface area (TPSA) is 32.3 Å². The van der Waals surface area contributed by atoms with Gasteiger partial charge in [0.1, 0.15) is 6.04 Å². The lowest BCUT2D eigenvalue weighted by atomic mass is 10.1. The summed E-state index contributed by atoms with van der Waals surface area (Å²) < 4.78 is 0. The van der Waals surface area contributed by atoms with Crippen LogP contribution in [-0.2, 0) is 4.79 Å². The van der Waals surface area contributed by atoms with Gasteiger partial charge in [0.05, 0.1) is 5.69 Å². The van der Waals surface area contributed by atoms with E-state index in [4.69, 9.17) is 12.2 Å². The Morgan fingerprint density at radius 2 is 2.12 bits per heavy atom. The lowest BCUT2D eigenvalue weighted by Crippen LogP contribution is -2.31. The quantitative estimate of drug-likeness (QED) is 0.794. The number of amides is 1. The molecular formula is C12H14N2OS. The van der Waals surface area contributed by atoms with Crippen LogP contribution >= 0.6 is 12.2 Å².